The smallest absolute Gasteiger partial charge is 0.246 e. The standard InChI is InChI=1S/C15H23N3O3S2/c1-6-21-13-8-7-12(17-15(22)16-10-11(2)3)9-14(13)23(19,20)18(4)5/h7-9H,2,6,10H2,1,3-5H3,(H2,16,17,22). The van der Waals surface area contributed by atoms with Gasteiger partial charge in [0, 0.05) is 26.3 Å². The molecule has 0 saturated carbocycles. The number of thiocarbonyl (C=S) groups is 1. The number of hydrogen-bond donors (Lipinski definition) is 2. The Bertz CT molecular complexity index is 685. The van der Waals surface area contributed by atoms with Crippen molar-refractivity contribution in [2.75, 3.05) is 32.6 Å². The van der Waals surface area contributed by atoms with E-state index in [1.165, 1.54) is 20.2 Å². The van der Waals surface area contributed by atoms with Crippen LogP contribution in [0.5, 0.6) is 5.75 Å². The van der Waals surface area contributed by atoms with Crippen molar-refractivity contribution in [3.63, 3.8) is 0 Å². The van der Waals surface area contributed by atoms with Gasteiger partial charge in [-0.1, -0.05) is 12.2 Å². The summed E-state index contributed by atoms with van der Waals surface area (Å²) in [5.74, 6) is 0.313. The van der Waals surface area contributed by atoms with E-state index in [9.17, 15) is 8.42 Å². The second kappa shape index (κ2) is 8.28. The van der Waals surface area contributed by atoms with Gasteiger partial charge in [0.05, 0.1) is 6.61 Å². The van der Waals surface area contributed by atoms with Crippen molar-refractivity contribution in [1.29, 1.82) is 0 Å². The Kier molecular flexibility index (Phi) is 6.99. The van der Waals surface area contributed by atoms with Crippen molar-refractivity contribution in [1.82, 2.24) is 9.62 Å². The Hall–Kier alpha value is -1.64. The van der Waals surface area contributed by atoms with Gasteiger partial charge < -0.3 is 15.4 Å². The van der Waals surface area contributed by atoms with Crippen LogP contribution in [0.2, 0.25) is 0 Å². The topological polar surface area (TPSA) is 70.7 Å². The Morgan fingerprint density at radius 3 is 2.57 bits per heavy atom. The Balaban J connectivity index is 3.09. The third-order valence-corrected chi connectivity index (χ3v) is 4.89. The van der Waals surface area contributed by atoms with Crippen LogP contribution in [-0.4, -0.2) is 45.1 Å². The molecular formula is C15H23N3O3S2. The van der Waals surface area contributed by atoms with Crippen LogP contribution in [0, 0.1) is 0 Å². The number of anilines is 1. The summed E-state index contributed by atoms with van der Waals surface area (Å²) >= 11 is 5.17. The molecule has 2 N–H and O–H groups in total. The van der Waals surface area contributed by atoms with Gasteiger partial charge in [-0.3, -0.25) is 0 Å². The highest BCUT2D eigenvalue weighted by atomic mass is 32.2. The first-order valence-corrected chi connectivity index (χ1v) is 8.92. The lowest BCUT2D eigenvalue weighted by Crippen LogP contribution is -2.29. The number of nitrogens with one attached hydrogen (secondary N) is 2. The van der Waals surface area contributed by atoms with Gasteiger partial charge in [0.15, 0.2) is 5.11 Å². The predicted octanol–water partition coefficient (Wildman–Crippen LogP) is 2.20. The van der Waals surface area contributed by atoms with Crippen LogP contribution < -0.4 is 15.4 Å². The fourth-order valence-corrected chi connectivity index (χ4v) is 2.91. The summed E-state index contributed by atoms with van der Waals surface area (Å²) in [5.41, 5.74) is 1.50. The zero-order chi connectivity index (χ0) is 17.6. The second-order valence-corrected chi connectivity index (χ2v) is 7.68. The molecule has 0 aliphatic rings. The number of nitrogens with zero attached hydrogens (tertiary/aromatic N) is 1. The van der Waals surface area contributed by atoms with Gasteiger partial charge in [0.1, 0.15) is 10.6 Å². The molecule has 1 aromatic rings. The highest BCUT2D eigenvalue weighted by molar-refractivity contribution is 7.89. The lowest BCUT2D eigenvalue weighted by molar-refractivity contribution is 0.330. The fourth-order valence-electron chi connectivity index (χ4n) is 1.67. The Morgan fingerprint density at radius 1 is 1.39 bits per heavy atom. The summed E-state index contributed by atoms with van der Waals surface area (Å²) in [7, 11) is -0.670. The number of sulfonamides is 1. The fraction of sp³-hybridized carbons (Fsp3) is 0.400. The predicted molar refractivity (Wildman–Crippen MR) is 97.5 cm³/mol. The van der Waals surface area contributed by atoms with E-state index < -0.39 is 10.0 Å². The van der Waals surface area contributed by atoms with E-state index in [2.05, 4.69) is 17.2 Å². The summed E-state index contributed by atoms with van der Waals surface area (Å²) in [6, 6.07) is 4.84. The molecule has 0 aromatic heterocycles. The third kappa shape index (κ3) is 5.49. The highest BCUT2D eigenvalue weighted by Gasteiger charge is 2.23. The lowest BCUT2D eigenvalue weighted by Gasteiger charge is -2.17. The molecule has 0 aliphatic carbocycles. The van der Waals surface area contributed by atoms with E-state index in [4.69, 9.17) is 17.0 Å². The van der Waals surface area contributed by atoms with Crippen LogP contribution in [0.3, 0.4) is 0 Å². The maximum absolute atomic E-state index is 12.4. The molecule has 0 heterocycles. The van der Waals surface area contributed by atoms with E-state index >= 15 is 0 Å². The molecule has 1 rings (SSSR count). The first kappa shape index (κ1) is 19.4. The molecule has 128 valence electrons. The van der Waals surface area contributed by atoms with Gasteiger partial charge in [-0.05, 0) is 44.3 Å². The van der Waals surface area contributed by atoms with Crippen LogP contribution >= 0.6 is 12.2 Å². The van der Waals surface area contributed by atoms with Crippen molar-refractivity contribution < 1.29 is 13.2 Å². The number of benzene rings is 1. The number of hydrogen-bond acceptors (Lipinski definition) is 4. The van der Waals surface area contributed by atoms with Crippen molar-refractivity contribution in [3.05, 3.63) is 30.4 Å². The number of rotatable bonds is 7. The lowest BCUT2D eigenvalue weighted by atomic mass is 10.3. The summed E-state index contributed by atoms with van der Waals surface area (Å²) in [4.78, 5) is 0.0945. The van der Waals surface area contributed by atoms with Crippen molar-refractivity contribution in [2.45, 2.75) is 18.7 Å². The summed E-state index contributed by atoms with van der Waals surface area (Å²) < 4.78 is 31.4. The molecule has 0 spiro atoms. The molecule has 8 heteroatoms. The first-order chi connectivity index (χ1) is 10.7. The highest BCUT2D eigenvalue weighted by Crippen LogP contribution is 2.29. The van der Waals surface area contributed by atoms with Gasteiger partial charge in [0.25, 0.3) is 0 Å². The van der Waals surface area contributed by atoms with E-state index in [1.54, 1.807) is 19.1 Å². The number of ether oxygens (including phenoxy) is 1. The molecule has 0 bridgehead atoms. The van der Waals surface area contributed by atoms with Crippen molar-refractivity contribution in [3.8, 4) is 5.75 Å². The molecule has 0 aliphatic heterocycles. The average Bonchev–Trinajstić information content (AvgIpc) is 2.46. The summed E-state index contributed by atoms with van der Waals surface area (Å²) in [5, 5.41) is 6.33. The van der Waals surface area contributed by atoms with Crippen LogP contribution in [-0.2, 0) is 10.0 Å². The zero-order valence-electron chi connectivity index (χ0n) is 13.8. The van der Waals surface area contributed by atoms with Crippen molar-refractivity contribution >= 4 is 33.0 Å². The van der Waals surface area contributed by atoms with E-state index in [0.717, 1.165) is 9.88 Å². The Morgan fingerprint density at radius 2 is 2.04 bits per heavy atom. The monoisotopic (exact) mass is 357 g/mol. The molecule has 23 heavy (non-hydrogen) atoms. The van der Waals surface area contributed by atoms with Crippen molar-refractivity contribution in [2.24, 2.45) is 0 Å². The minimum absolute atomic E-state index is 0.0945. The first-order valence-electron chi connectivity index (χ1n) is 7.07. The molecule has 0 unspecified atom stereocenters. The molecule has 1 aromatic carbocycles. The van der Waals surface area contributed by atoms with E-state index in [-0.39, 0.29) is 4.90 Å². The maximum atomic E-state index is 12.4. The van der Waals surface area contributed by atoms with Gasteiger partial charge in [-0.2, -0.15) is 0 Å². The van der Waals surface area contributed by atoms with Gasteiger partial charge in [-0.15, -0.1) is 0 Å². The summed E-state index contributed by atoms with van der Waals surface area (Å²) in [6.45, 7) is 8.39. The van der Waals surface area contributed by atoms with Gasteiger partial charge >= 0.3 is 0 Å². The molecule has 0 amide bonds. The molecule has 0 saturated heterocycles. The van der Waals surface area contributed by atoms with Crippen LogP contribution in [0.15, 0.2) is 35.2 Å². The quantitative estimate of drug-likeness (QED) is 0.576. The second-order valence-electron chi connectivity index (χ2n) is 5.15. The van der Waals surface area contributed by atoms with Gasteiger partial charge in [-0.25, -0.2) is 12.7 Å². The van der Waals surface area contributed by atoms with Gasteiger partial charge in [0.2, 0.25) is 10.0 Å². The van der Waals surface area contributed by atoms with E-state index in [0.29, 0.717) is 29.7 Å². The van der Waals surface area contributed by atoms with E-state index in [1.807, 2.05) is 6.92 Å². The van der Waals surface area contributed by atoms with Crippen LogP contribution in [0.4, 0.5) is 5.69 Å². The molecule has 0 atom stereocenters. The third-order valence-electron chi connectivity index (χ3n) is 2.81. The average molecular weight is 358 g/mol. The minimum atomic E-state index is -3.62. The normalized spacial score (nSPS) is 11.2. The largest absolute Gasteiger partial charge is 0.492 e. The maximum Gasteiger partial charge on any atom is 0.246 e. The Labute approximate surface area is 143 Å². The molecule has 6 nitrogen and oxygen atoms in total. The molecular weight excluding hydrogens is 334 g/mol. The molecule has 0 fully saturated rings. The molecule has 0 radical (unpaired) electrons. The minimum Gasteiger partial charge on any atom is -0.492 e. The zero-order valence-corrected chi connectivity index (χ0v) is 15.5. The summed E-state index contributed by atoms with van der Waals surface area (Å²) in [6.07, 6.45) is 0. The van der Waals surface area contributed by atoms with Crippen LogP contribution in [0.1, 0.15) is 13.8 Å². The van der Waals surface area contributed by atoms with Crippen LogP contribution in [0.25, 0.3) is 0 Å². The SMILES string of the molecule is C=C(C)CNC(=S)Nc1ccc(OCC)c(S(=O)(=O)N(C)C)c1.